The number of nitrogens with one attached hydrogen (secondary N) is 1. The zero-order valence-corrected chi connectivity index (χ0v) is 23.8. The first-order valence-electron chi connectivity index (χ1n) is 12.1. The number of rotatable bonds is 9. The lowest BCUT2D eigenvalue weighted by Gasteiger charge is -2.26. The number of halogens is 1. The van der Waals surface area contributed by atoms with E-state index in [4.69, 9.17) is 11.6 Å². The zero-order valence-electron chi connectivity index (χ0n) is 21.4. The van der Waals surface area contributed by atoms with Crippen molar-refractivity contribution in [3.8, 4) is 0 Å². The first kappa shape index (κ1) is 27.8. The highest BCUT2D eigenvalue weighted by molar-refractivity contribution is 7.98. The Morgan fingerprint density at radius 2 is 1.61 bits per heavy atom. The van der Waals surface area contributed by atoms with Crippen LogP contribution in [0.5, 0.6) is 0 Å². The lowest BCUT2D eigenvalue weighted by atomic mass is 10.1. The number of carbonyl (C=O) groups excluding carboxylic acids is 1. The molecular formula is C30H29ClN2O3S2. The molecule has 196 valence electrons. The number of anilines is 2. The predicted molar refractivity (Wildman–Crippen MR) is 158 cm³/mol. The molecule has 0 aliphatic heterocycles. The van der Waals surface area contributed by atoms with Gasteiger partial charge >= 0.3 is 0 Å². The molecule has 0 atom stereocenters. The van der Waals surface area contributed by atoms with E-state index in [1.807, 2.05) is 50.2 Å². The second kappa shape index (κ2) is 12.1. The van der Waals surface area contributed by atoms with E-state index >= 15 is 0 Å². The van der Waals surface area contributed by atoms with Gasteiger partial charge in [0.2, 0.25) is 5.91 Å². The highest BCUT2D eigenvalue weighted by atomic mass is 35.5. The molecule has 0 fully saturated rings. The molecule has 1 amide bonds. The largest absolute Gasteiger partial charge is 0.324 e. The fourth-order valence-corrected chi connectivity index (χ4v) is 6.47. The molecular weight excluding hydrogens is 536 g/mol. The Balaban J connectivity index is 1.55. The number of carbonyl (C=O) groups is 1. The van der Waals surface area contributed by atoms with Crippen molar-refractivity contribution in [2.24, 2.45) is 0 Å². The molecule has 4 aromatic rings. The van der Waals surface area contributed by atoms with E-state index in [2.05, 4.69) is 17.4 Å². The molecule has 5 nitrogen and oxygen atoms in total. The van der Waals surface area contributed by atoms with E-state index in [9.17, 15) is 13.2 Å². The van der Waals surface area contributed by atoms with Crippen LogP contribution in [0.25, 0.3) is 0 Å². The van der Waals surface area contributed by atoms with Gasteiger partial charge in [0.05, 0.1) is 10.6 Å². The monoisotopic (exact) mass is 564 g/mol. The predicted octanol–water partition coefficient (Wildman–Crippen LogP) is 7.39. The molecule has 4 rings (SSSR count). The summed E-state index contributed by atoms with van der Waals surface area (Å²) < 4.78 is 28.5. The second-order valence-corrected chi connectivity index (χ2v) is 12.3. The lowest BCUT2D eigenvalue weighted by molar-refractivity contribution is -0.114. The third-order valence-corrected chi connectivity index (χ3v) is 9.38. The number of hydrogen-bond donors (Lipinski definition) is 1. The van der Waals surface area contributed by atoms with Crippen LogP contribution in [0.3, 0.4) is 0 Å². The Labute approximate surface area is 233 Å². The number of nitrogens with zero attached hydrogens (tertiary/aromatic N) is 1. The molecule has 4 aromatic carbocycles. The first-order chi connectivity index (χ1) is 18.1. The van der Waals surface area contributed by atoms with Gasteiger partial charge in [0.25, 0.3) is 10.0 Å². The maximum absolute atomic E-state index is 13.7. The van der Waals surface area contributed by atoms with Crippen molar-refractivity contribution in [2.45, 2.75) is 36.3 Å². The van der Waals surface area contributed by atoms with E-state index in [1.54, 1.807) is 61.2 Å². The smallest absolute Gasteiger partial charge is 0.264 e. The summed E-state index contributed by atoms with van der Waals surface area (Å²) >= 11 is 8.06. The minimum Gasteiger partial charge on any atom is -0.324 e. The minimum atomic E-state index is -4.04. The summed E-state index contributed by atoms with van der Waals surface area (Å²) in [7, 11) is -4.04. The highest BCUT2D eigenvalue weighted by Crippen LogP contribution is 2.31. The summed E-state index contributed by atoms with van der Waals surface area (Å²) in [5.74, 6) is 0.352. The molecule has 8 heteroatoms. The van der Waals surface area contributed by atoms with Gasteiger partial charge in [-0.3, -0.25) is 9.10 Å². The maximum Gasteiger partial charge on any atom is 0.264 e. The Kier molecular flexibility index (Phi) is 8.82. The van der Waals surface area contributed by atoms with E-state index in [0.29, 0.717) is 22.0 Å². The van der Waals surface area contributed by atoms with Crippen LogP contribution in [0.1, 0.15) is 22.3 Å². The first-order valence-corrected chi connectivity index (χ1v) is 14.9. The molecule has 0 heterocycles. The average Bonchev–Trinajstić information content (AvgIpc) is 2.90. The molecule has 38 heavy (non-hydrogen) atoms. The molecule has 1 N–H and O–H groups in total. The van der Waals surface area contributed by atoms with Crippen LogP contribution < -0.4 is 9.62 Å². The van der Waals surface area contributed by atoms with E-state index in [-0.39, 0.29) is 4.90 Å². The standard InChI is InChI=1S/C30H29ClN2O3S2/c1-21-12-15-26(16-13-21)38(35,36)33(29-11-7-10-27(31)23(29)3)19-30(34)32-28-17-14-24(18-22(28)2)20-37-25-8-5-4-6-9-25/h4-18H,19-20H2,1-3H3,(H,32,34). The fraction of sp³-hybridized carbons (Fsp3) is 0.167. The van der Waals surface area contributed by atoms with Gasteiger partial charge in [-0.05, 0) is 79.9 Å². The van der Waals surface area contributed by atoms with Crippen LogP contribution >= 0.6 is 23.4 Å². The van der Waals surface area contributed by atoms with Crippen LogP contribution in [0, 0.1) is 20.8 Å². The quantitative estimate of drug-likeness (QED) is 0.215. The molecule has 0 spiro atoms. The fourth-order valence-electron chi connectivity index (χ4n) is 3.96. The maximum atomic E-state index is 13.7. The molecule has 0 bridgehead atoms. The number of amides is 1. The van der Waals surface area contributed by atoms with E-state index in [1.165, 1.54) is 4.90 Å². The van der Waals surface area contributed by atoms with Crippen molar-refractivity contribution in [1.82, 2.24) is 0 Å². The van der Waals surface area contributed by atoms with Crippen molar-refractivity contribution in [3.63, 3.8) is 0 Å². The summed E-state index contributed by atoms with van der Waals surface area (Å²) in [5, 5.41) is 3.32. The van der Waals surface area contributed by atoms with Gasteiger partial charge in [0.1, 0.15) is 6.54 Å². The van der Waals surface area contributed by atoms with Gasteiger partial charge in [0.15, 0.2) is 0 Å². The normalized spacial score (nSPS) is 11.3. The Morgan fingerprint density at radius 3 is 2.29 bits per heavy atom. The van der Waals surface area contributed by atoms with Gasteiger partial charge in [-0.25, -0.2) is 8.42 Å². The van der Waals surface area contributed by atoms with Gasteiger partial charge in [-0.1, -0.05) is 65.7 Å². The van der Waals surface area contributed by atoms with Crippen LogP contribution in [-0.2, 0) is 20.6 Å². The van der Waals surface area contributed by atoms with Crippen LogP contribution in [-0.4, -0.2) is 20.9 Å². The van der Waals surface area contributed by atoms with Gasteiger partial charge in [-0.2, -0.15) is 0 Å². The Hall–Kier alpha value is -3.26. The summed E-state index contributed by atoms with van der Waals surface area (Å²) in [4.78, 5) is 14.5. The van der Waals surface area contributed by atoms with Gasteiger partial charge < -0.3 is 5.32 Å². The van der Waals surface area contributed by atoms with Gasteiger partial charge in [-0.15, -0.1) is 11.8 Å². The van der Waals surface area contributed by atoms with Crippen molar-refractivity contribution in [3.05, 3.63) is 118 Å². The molecule has 0 unspecified atom stereocenters. The molecule has 0 radical (unpaired) electrons. The van der Waals surface area contributed by atoms with Crippen molar-refractivity contribution >= 4 is 50.7 Å². The number of thioether (sulfide) groups is 1. The van der Waals surface area contributed by atoms with Crippen LogP contribution in [0.15, 0.2) is 101 Å². The topological polar surface area (TPSA) is 66.5 Å². The van der Waals surface area contributed by atoms with E-state index < -0.39 is 22.5 Å². The number of benzene rings is 4. The molecule has 0 aromatic heterocycles. The van der Waals surface area contributed by atoms with Crippen LogP contribution in [0.4, 0.5) is 11.4 Å². The summed E-state index contributed by atoms with van der Waals surface area (Å²) in [6.45, 7) is 5.15. The highest BCUT2D eigenvalue weighted by Gasteiger charge is 2.29. The molecule has 0 aliphatic carbocycles. The summed E-state index contributed by atoms with van der Waals surface area (Å²) in [5.41, 5.74) is 4.54. The third-order valence-electron chi connectivity index (χ3n) is 6.12. The number of sulfonamides is 1. The SMILES string of the molecule is Cc1ccc(S(=O)(=O)N(CC(=O)Nc2ccc(CSc3ccccc3)cc2C)c2cccc(Cl)c2C)cc1. The lowest BCUT2D eigenvalue weighted by Crippen LogP contribution is -2.38. The number of hydrogen-bond acceptors (Lipinski definition) is 4. The number of aryl methyl sites for hydroxylation is 2. The molecule has 0 saturated heterocycles. The van der Waals surface area contributed by atoms with Crippen molar-refractivity contribution in [1.29, 1.82) is 0 Å². The summed E-state index contributed by atoms with van der Waals surface area (Å²) in [6, 6.07) is 27.6. The minimum absolute atomic E-state index is 0.103. The third kappa shape index (κ3) is 6.59. The molecule has 0 aliphatic rings. The summed E-state index contributed by atoms with van der Waals surface area (Å²) in [6.07, 6.45) is 0. The zero-order chi connectivity index (χ0) is 27.3. The molecule has 0 saturated carbocycles. The Morgan fingerprint density at radius 1 is 0.895 bits per heavy atom. The van der Waals surface area contributed by atoms with Crippen molar-refractivity contribution in [2.75, 3.05) is 16.2 Å². The van der Waals surface area contributed by atoms with E-state index in [0.717, 1.165) is 26.7 Å². The Bertz CT molecular complexity index is 1540. The van der Waals surface area contributed by atoms with Crippen LogP contribution in [0.2, 0.25) is 5.02 Å². The van der Waals surface area contributed by atoms with Gasteiger partial charge in [0, 0.05) is 21.4 Å². The van der Waals surface area contributed by atoms with Crippen molar-refractivity contribution < 1.29 is 13.2 Å². The average molecular weight is 565 g/mol. The second-order valence-electron chi connectivity index (χ2n) is 9.01.